The summed E-state index contributed by atoms with van der Waals surface area (Å²) in [4.78, 5) is 40.0. The van der Waals surface area contributed by atoms with Gasteiger partial charge in [-0.25, -0.2) is 0 Å². The second-order valence-corrected chi connectivity index (χ2v) is 5.38. The van der Waals surface area contributed by atoms with E-state index in [2.05, 4.69) is 10.2 Å². The van der Waals surface area contributed by atoms with Crippen molar-refractivity contribution in [3.8, 4) is 0 Å². The average Bonchev–Trinajstić information content (AvgIpc) is 2.59. The predicted octanol–water partition coefficient (Wildman–Crippen LogP) is 4.35. The van der Waals surface area contributed by atoms with Crippen LogP contribution in [0.2, 0.25) is 0 Å². The first-order chi connectivity index (χ1) is 13.1. The van der Waals surface area contributed by atoms with Crippen LogP contribution in [0.5, 0.6) is 0 Å². The van der Waals surface area contributed by atoms with Crippen molar-refractivity contribution in [2.75, 3.05) is 0 Å². The molecule has 0 heterocycles. The Kier molecular flexibility index (Phi) is 5.33. The highest BCUT2D eigenvalue weighted by molar-refractivity contribution is 5.87. The fourth-order valence-corrected chi connectivity index (χ4v) is 2.45. The molecule has 14 nitrogen and oxygen atoms in total. The number of azo groups is 1. The Morgan fingerprint density at radius 3 is 1.61 bits per heavy atom. The van der Waals surface area contributed by atoms with Crippen LogP contribution in [0.25, 0.3) is 0 Å². The molecule has 0 N–H and O–H groups in total. The molecule has 0 aromatic heterocycles. The molecule has 28 heavy (non-hydrogen) atoms. The second-order valence-electron chi connectivity index (χ2n) is 5.38. The van der Waals surface area contributed by atoms with Crippen LogP contribution in [-0.4, -0.2) is 19.7 Å². The van der Waals surface area contributed by atoms with Crippen molar-refractivity contribution >= 4 is 34.1 Å². The van der Waals surface area contributed by atoms with Gasteiger partial charge >= 0.3 is 22.7 Å². The van der Waals surface area contributed by atoms with Crippen LogP contribution in [0.15, 0.2) is 34.5 Å². The predicted molar refractivity (Wildman–Crippen MR) is 93.2 cm³/mol. The first-order valence-corrected chi connectivity index (χ1v) is 7.33. The van der Waals surface area contributed by atoms with Crippen LogP contribution in [0.3, 0.4) is 0 Å². The number of hydrogen-bond donors (Lipinski definition) is 0. The highest BCUT2D eigenvalue weighted by Crippen LogP contribution is 2.51. The van der Waals surface area contributed by atoms with E-state index in [0.29, 0.717) is 5.56 Å². The highest BCUT2D eigenvalue weighted by atomic mass is 16.7. The third-order valence-electron chi connectivity index (χ3n) is 3.71. The van der Waals surface area contributed by atoms with Crippen LogP contribution >= 0.6 is 0 Å². The fourth-order valence-electron chi connectivity index (χ4n) is 2.45. The van der Waals surface area contributed by atoms with Gasteiger partial charge in [0.05, 0.1) is 30.9 Å². The largest absolute Gasteiger partial charge is 0.432 e. The first-order valence-electron chi connectivity index (χ1n) is 7.33. The third-order valence-corrected chi connectivity index (χ3v) is 3.71. The number of nitro groups is 4. The first kappa shape index (κ1) is 20.0. The summed E-state index contributed by atoms with van der Waals surface area (Å²) in [5, 5.41) is 52.7. The maximum atomic E-state index is 11.4. The lowest BCUT2D eigenvalue weighted by molar-refractivity contribution is -0.451. The number of benzene rings is 2. The summed E-state index contributed by atoms with van der Waals surface area (Å²) in [5.41, 5.74) is -6.38. The van der Waals surface area contributed by atoms with Gasteiger partial charge in [-0.15, -0.1) is 5.11 Å². The minimum absolute atomic E-state index is 0.250. The summed E-state index contributed by atoms with van der Waals surface area (Å²) in [6.07, 6.45) is 0. The van der Waals surface area contributed by atoms with Crippen LogP contribution < -0.4 is 0 Å². The van der Waals surface area contributed by atoms with E-state index in [1.807, 2.05) is 0 Å². The van der Waals surface area contributed by atoms with E-state index < -0.39 is 53.7 Å². The van der Waals surface area contributed by atoms with Crippen molar-refractivity contribution in [2.24, 2.45) is 10.2 Å². The summed E-state index contributed by atoms with van der Waals surface area (Å²) >= 11 is 0. The molecular weight excluding hydrogens is 380 g/mol. The zero-order valence-corrected chi connectivity index (χ0v) is 14.3. The van der Waals surface area contributed by atoms with Crippen LogP contribution in [0, 0.1) is 54.3 Å². The van der Waals surface area contributed by atoms with Crippen molar-refractivity contribution in [1.29, 1.82) is 0 Å². The zero-order chi connectivity index (χ0) is 21.2. The Balaban J connectivity index is 2.98. The van der Waals surface area contributed by atoms with Crippen molar-refractivity contribution in [3.63, 3.8) is 0 Å². The van der Waals surface area contributed by atoms with Gasteiger partial charge in [-0.2, -0.15) is 5.11 Å². The lowest BCUT2D eigenvalue weighted by Crippen LogP contribution is -2.07. The molecule has 14 heteroatoms. The van der Waals surface area contributed by atoms with Crippen LogP contribution in [0.4, 0.5) is 34.1 Å². The van der Waals surface area contributed by atoms with Crippen molar-refractivity contribution in [3.05, 3.63) is 75.8 Å². The molecule has 0 saturated heterocycles. The quantitative estimate of drug-likeness (QED) is 0.393. The molecule has 2 rings (SSSR count). The maximum Gasteiger partial charge on any atom is 0.432 e. The minimum atomic E-state index is -1.63. The van der Waals surface area contributed by atoms with E-state index in [-0.39, 0.29) is 5.69 Å². The molecule has 0 amide bonds. The molecule has 0 bridgehead atoms. The lowest BCUT2D eigenvalue weighted by atomic mass is 10.1. The van der Waals surface area contributed by atoms with E-state index >= 15 is 0 Å². The maximum absolute atomic E-state index is 11.4. The number of hydrogen-bond acceptors (Lipinski definition) is 10. The summed E-state index contributed by atoms with van der Waals surface area (Å²) in [6, 6.07) is 6.41. The van der Waals surface area contributed by atoms with Gasteiger partial charge in [0.2, 0.25) is 0 Å². The highest BCUT2D eigenvalue weighted by Gasteiger charge is 2.49. The molecule has 2 aromatic carbocycles. The zero-order valence-electron chi connectivity index (χ0n) is 14.3. The molecule has 0 radical (unpaired) electrons. The molecule has 144 valence electrons. The summed E-state index contributed by atoms with van der Waals surface area (Å²) in [7, 11) is 0. The molecule has 0 saturated carbocycles. The summed E-state index contributed by atoms with van der Waals surface area (Å²) in [6.45, 7) is 2.62. The molecule has 0 aliphatic carbocycles. The molecule has 0 unspecified atom stereocenters. The van der Waals surface area contributed by atoms with Gasteiger partial charge in [0.25, 0.3) is 0 Å². The van der Waals surface area contributed by atoms with E-state index in [1.165, 1.54) is 6.07 Å². The molecule has 0 fully saturated rings. The van der Waals surface area contributed by atoms with Gasteiger partial charge in [-0.3, -0.25) is 40.5 Å². The second kappa shape index (κ2) is 7.48. The fraction of sp³-hybridized carbons (Fsp3) is 0.143. The number of aryl methyl sites for hydroxylation is 1. The van der Waals surface area contributed by atoms with E-state index in [1.54, 1.807) is 25.1 Å². The van der Waals surface area contributed by atoms with E-state index in [9.17, 15) is 40.5 Å². The topological polar surface area (TPSA) is 197 Å². The third kappa shape index (κ3) is 3.46. The average molecular weight is 390 g/mol. The number of nitrogens with zero attached hydrogens (tertiary/aromatic N) is 6. The number of nitro benzene ring substituents is 4. The van der Waals surface area contributed by atoms with Crippen molar-refractivity contribution in [1.82, 2.24) is 0 Å². The Morgan fingerprint density at radius 1 is 0.679 bits per heavy atom. The molecule has 0 aliphatic rings. The number of rotatable bonds is 6. The summed E-state index contributed by atoms with van der Waals surface area (Å²) < 4.78 is 0. The Labute approximate surface area is 154 Å². The molecule has 0 aliphatic heterocycles. The van der Waals surface area contributed by atoms with Gasteiger partial charge in [0.1, 0.15) is 0 Å². The molecule has 0 spiro atoms. The van der Waals surface area contributed by atoms with Gasteiger partial charge in [0.15, 0.2) is 5.69 Å². The summed E-state index contributed by atoms with van der Waals surface area (Å²) in [5.74, 6) is 0. The lowest BCUT2D eigenvalue weighted by Gasteiger charge is -2.05. The van der Waals surface area contributed by atoms with Crippen molar-refractivity contribution < 1.29 is 19.7 Å². The van der Waals surface area contributed by atoms with Crippen LogP contribution in [-0.2, 0) is 0 Å². The monoisotopic (exact) mass is 390 g/mol. The molecule has 2 aromatic rings. The Hall–Kier alpha value is -4.36. The molecule has 0 atom stereocenters. The van der Waals surface area contributed by atoms with Gasteiger partial charge in [0, 0.05) is 0 Å². The van der Waals surface area contributed by atoms with Gasteiger partial charge < -0.3 is 0 Å². The Morgan fingerprint density at radius 2 is 1.14 bits per heavy atom. The minimum Gasteiger partial charge on any atom is -0.258 e. The molecular formula is C14H10N6O8. The van der Waals surface area contributed by atoms with Crippen molar-refractivity contribution in [2.45, 2.75) is 13.8 Å². The van der Waals surface area contributed by atoms with Gasteiger partial charge in [-0.05, 0) is 25.5 Å². The van der Waals surface area contributed by atoms with E-state index in [4.69, 9.17) is 0 Å². The standard InChI is InChI=1S/C14H10N6O8/c1-7-5-3-4-6-9(7)15-16-10-8(2)11(17(21)22)13(19(25)26)14(20(27)28)12(10)18(23)24/h3-6H,1-2H3. The van der Waals surface area contributed by atoms with Crippen LogP contribution in [0.1, 0.15) is 11.1 Å². The van der Waals surface area contributed by atoms with E-state index in [0.717, 1.165) is 6.92 Å². The SMILES string of the molecule is Cc1ccccc1N=Nc1c(C)c([N+](=O)[O-])c([N+](=O)[O-])c([N+](=O)[O-])c1[N+](=O)[O-]. The Bertz CT molecular complexity index is 1060. The van der Waals surface area contributed by atoms with Gasteiger partial charge in [-0.1, -0.05) is 18.2 Å². The normalized spacial score (nSPS) is 10.8. The smallest absolute Gasteiger partial charge is 0.258 e.